The Bertz CT molecular complexity index is 580. The predicted molar refractivity (Wildman–Crippen MR) is 81.4 cm³/mol. The van der Waals surface area contributed by atoms with Gasteiger partial charge in [0.05, 0.1) is 11.7 Å². The maximum absolute atomic E-state index is 4.76. The first kappa shape index (κ1) is 12.9. The number of nitrogens with one attached hydrogen (secondary N) is 1. The van der Waals surface area contributed by atoms with Gasteiger partial charge in [-0.3, -0.25) is 4.68 Å². The Morgan fingerprint density at radius 3 is 2.63 bits per heavy atom. The van der Waals surface area contributed by atoms with Gasteiger partial charge in [-0.25, -0.2) is 0 Å². The largest absolute Gasteiger partial charge is 0.315 e. The molecule has 0 bridgehead atoms. The summed E-state index contributed by atoms with van der Waals surface area (Å²) in [4.78, 5) is 0. The lowest BCUT2D eigenvalue weighted by Gasteiger charge is -2.12. The molecule has 0 spiro atoms. The molecule has 3 rings (SSSR count). The zero-order chi connectivity index (χ0) is 13.4. The first-order valence-electron chi connectivity index (χ1n) is 6.69. The van der Waals surface area contributed by atoms with Gasteiger partial charge in [-0.2, -0.15) is 5.10 Å². The van der Waals surface area contributed by atoms with Gasteiger partial charge < -0.3 is 5.32 Å². The molecule has 2 aromatic rings. The number of hydrogen-bond acceptors (Lipinski definition) is 2. The molecule has 0 aliphatic carbocycles. The second-order valence-electron chi connectivity index (χ2n) is 5.14. The molecule has 1 unspecified atom stereocenters. The molecule has 1 aromatic heterocycles. The van der Waals surface area contributed by atoms with Crippen molar-refractivity contribution < 1.29 is 0 Å². The Morgan fingerprint density at radius 1 is 1.26 bits per heavy atom. The summed E-state index contributed by atoms with van der Waals surface area (Å²) in [5.74, 6) is 0. The lowest BCUT2D eigenvalue weighted by Crippen LogP contribution is -2.15. The smallest absolute Gasteiger partial charge is 0.0675 e. The minimum Gasteiger partial charge on any atom is -0.315 e. The fraction of sp³-hybridized carbons (Fsp3) is 0.400. The van der Waals surface area contributed by atoms with E-state index in [2.05, 4.69) is 64.0 Å². The van der Waals surface area contributed by atoms with E-state index in [-0.39, 0.29) is 0 Å². The van der Waals surface area contributed by atoms with Crippen LogP contribution < -0.4 is 5.32 Å². The Hall–Kier alpha value is -1.13. The summed E-state index contributed by atoms with van der Waals surface area (Å²) >= 11 is 3.49. The van der Waals surface area contributed by atoms with E-state index >= 15 is 0 Å². The molecule has 1 fully saturated rings. The monoisotopic (exact) mass is 319 g/mol. The van der Waals surface area contributed by atoms with E-state index in [0.717, 1.165) is 23.3 Å². The van der Waals surface area contributed by atoms with E-state index in [1.54, 1.807) is 0 Å². The summed E-state index contributed by atoms with van der Waals surface area (Å²) in [7, 11) is 0. The number of aromatic nitrogens is 2. The van der Waals surface area contributed by atoms with Crippen LogP contribution in [0.5, 0.6) is 0 Å². The number of benzene rings is 1. The summed E-state index contributed by atoms with van der Waals surface area (Å²) in [5, 5.41) is 8.16. The van der Waals surface area contributed by atoms with Crippen LogP contribution in [0, 0.1) is 13.8 Å². The van der Waals surface area contributed by atoms with Gasteiger partial charge >= 0.3 is 0 Å². The molecule has 1 aliphatic heterocycles. The van der Waals surface area contributed by atoms with Crippen molar-refractivity contribution in [2.24, 2.45) is 0 Å². The minimum atomic E-state index is 0.503. The van der Waals surface area contributed by atoms with Crippen LogP contribution in [-0.2, 0) is 0 Å². The lowest BCUT2D eigenvalue weighted by molar-refractivity contribution is 0.477. The summed E-state index contributed by atoms with van der Waals surface area (Å²) in [6.07, 6.45) is 1.17. The molecule has 3 nitrogen and oxygen atoms in total. The lowest BCUT2D eigenvalue weighted by atomic mass is 10.0. The maximum atomic E-state index is 4.76. The van der Waals surface area contributed by atoms with Gasteiger partial charge in [-0.15, -0.1) is 0 Å². The molecular weight excluding hydrogens is 302 g/mol. The highest BCUT2D eigenvalue weighted by Gasteiger charge is 2.22. The molecule has 0 amide bonds. The van der Waals surface area contributed by atoms with Crippen molar-refractivity contribution >= 4 is 15.9 Å². The third-order valence-corrected chi connectivity index (χ3v) is 4.37. The second kappa shape index (κ2) is 5.10. The normalized spacial score (nSPS) is 19.0. The van der Waals surface area contributed by atoms with E-state index in [0.29, 0.717) is 6.04 Å². The highest BCUT2D eigenvalue weighted by Crippen LogP contribution is 2.30. The van der Waals surface area contributed by atoms with Crippen molar-refractivity contribution in [3.63, 3.8) is 0 Å². The molecule has 1 aromatic carbocycles. The molecule has 1 aliphatic rings. The average molecular weight is 320 g/mol. The first-order valence-corrected chi connectivity index (χ1v) is 7.48. The fourth-order valence-electron chi connectivity index (χ4n) is 2.90. The zero-order valence-electron chi connectivity index (χ0n) is 11.3. The summed E-state index contributed by atoms with van der Waals surface area (Å²) in [6, 6.07) is 8.98. The number of hydrogen-bond donors (Lipinski definition) is 1. The van der Waals surface area contributed by atoms with Crippen LogP contribution in [-0.4, -0.2) is 22.9 Å². The Morgan fingerprint density at radius 2 is 2.00 bits per heavy atom. The van der Waals surface area contributed by atoms with Crippen LogP contribution in [0.4, 0.5) is 0 Å². The molecule has 4 heteroatoms. The molecule has 2 heterocycles. The van der Waals surface area contributed by atoms with Crippen molar-refractivity contribution in [1.29, 1.82) is 0 Å². The minimum absolute atomic E-state index is 0.503. The highest BCUT2D eigenvalue weighted by molar-refractivity contribution is 9.10. The standard InChI is InChI=1S/C15H18BrN3/c1-10-15(12-3-5-13(16)6-4-12)11(2)19(18-10)14-7-8-17-9-14/h3-6,14,17H,7-9H2,1-2H3. The topological polar surface area (TPSA) is 29.9 Å². The van der Waals surface area contributed by atoms with Crippen LogP contribution in [0.1, 0.15) is 23.9 Å². The van der Waals surface area contributed by atoms with E-state index in [1.807, 2.05) is 0 Å². The van der Waals surface area contributed by atoms with Crippen molar-refractivity contribution in [3.05, 3.63) is 40.1 Å². The Labute approximate surface area is 122 Å². The van der Waals surface area contributed by atoms with Crippen LogP contribution in [0.3, 0.4) is 0 Å². The zero-order valence-corrected chi connectivity index (χ0v) is 12.9. The summed E-state index contributed by atoms with van der Waals surface area (Å²) in [5.41, 5.74) is 4.91. The molecular formula is C15H18BrN3. The average Bonchev–Trinajstić information content (AvgIpc) is 3.00. The van der Waals surface area contributed by atoms with Crippen LogP contribution in [0.2, 0.25) is 0 Å². The van der Waals surface area contributed by atoms with Crippen LogP contribution in [0.15, 0.2) is 28.7 Å². The third-order valence-electron chi connectivity index (χ3n) is 3.84. The van der Waals surface area contributed by atoms with Crippen molar-refractivity contribution in [3.8, 4) is 11.1 Å². The molecule has 1 atom stereocenters. The Balaban J connectivity index is 2.04. The third kappa shape index (κ3) is 2.35. The first-order chi connectivity index (χ1) is 9.16. The quantitative estimate of drug-likeness (QED) is 0.918. The van der Waals surface area contributed by atoms with E-state index in [9.17, 15) is 0 Å². The van der Waals surface area contributed by atoms with Gasteiger partial charge in [0.15, 0.2) is 0 Å². The van der Waals surface area contributed by atoms with Gasteiger partial charge in [0.1, 0.15) is 0 Å². The SMILES string of the molecule is Cc1nn(C2CCNC2)c(C)c1-c1ccc(Br)cc1. The number of nitrogens with zero attached hydrogens (tertiary/aromatic N) is 2. The van der Waals surface area contributed by atoms with E-state index < -0.39 is 0 Å². The van der Waals surface area contributed by atoms with Gasteiger partial charge in [0.25, 0.3) is 0 Å². The molecule has 0 radical (unpaired) electrons. The fourth-order valence-corrected chi connectivity index (χ4v) is 3.17. The number of rotatable bonds is 2. The van der Waals surface area contributed by atoms with Gasteiger partial charge in [-0.1, -0.05) is 28.1 Å². The maximum Gasteiger partial charge on any atom is 0.0675 e. The molecule has 0 saturated carbocycles. The van der Waals surface area contributed by atoms with Crippen molar-refractivity contribution in [2.45, 2.75) is 26.3 Å². The van der Waals surface area contributed by atoms with Crippen LogP contribution in [0.25, 0.3) is 11.1 Å². The van der Waals surface area contributed by atoms with Gasteiger partial charge in [0, 0.05) is 22.3 Å². The van der Waals surface area contributed by atoms with Gasteiger partial charge in [0.2, 0.25) is 0 Å². The van der Waals surface area contributed by atoms with E-state index in [4.69, 9.17) is 5.10 Å². The number of aryl methyl sites for hydroxylation is 1. The molecule has 1 N–H and O–H groups in total. The van der Waals surface area contributed by atoms with Gasteiger partial charge in [-0.05, 0) is 44.5 Å². The second-order valence-corrected chi connectivity index (χ2v) is 6.06. The van der Waals surface area contributed by atoms with Crippen molar-refractivity contribution in [2.75, 3.05) is 13.1 Å². The highest BCUT2D eigenvalue weighted by atomic mass is 79.9. The molecule has 100 valence electrons. The Kier molecular flexibility index (Phi) is 3.46. The summed E-state index contributed by atoms with van der Waals surface area (Å²) in [6.45, 7) is 6.40. The molecule has 1 saturated heterocycles. The van der Waals surface area contributed by atoms with E-state index in [1.165, 1.54) is 23.2 Å². The summed E-state index contributed by atoms with van der Waals surface area (Å²) < 4.78 is 3.31. The molecule has 19 heavy (non-hydrogen) atoms. The van der Waals surface area contributed by atoms with Crippen LogP contribution >= 0.6 is 15.9 Å². The van der Waals surface area contributed by atoms with Crippen molar-refractivity contribution in [1.82, 2.24) is 15.1 Å². The number of halogens is 1. The predicted octanol–water partition coefficient (Wildman–Crippen LogP) is 3.46.